The summed E-state index contributed by atoms with van der Waals surface area (Å²) in [5.41, 5.74) is 1.67. The molecule has 3 aromatic rings. The van der Waals surface area contributed by atoms with E-state index in [1.54, 1.807) is 19.2 Å². The van der Waals surface area contributed by atoms with Crippen molar-refractivity contribution < 1.29 is 19.4 Å². The Balaban J connectivity index is 1.71. The van der Waals surface area contributed by atoms with Gasteiger partial charge in [-0.05, 0) is 48.5 Å². The van der Waals surface area contributed by atoms with Crippen LogP contribution in [-0.2, 0) is 11.3 Å². The Bertz CT molecular complexity index is 897. The van der Waals surface area contributed by atoms with Gasteiger partial charge in [0.05, 0.1) is 12.7 Å². The number of rotatable bonds is 5. The van der Waals surface area contributed by atoms with Gasteiger partial charge in [-0.15, -0.1) is 0 Å². The van der Waals surface area contributed by atoms with Gasteiger partial charge in [0.2, 0.25) is 5.91 Å². The normalized spacial score (nSPS) is 10.5. The molecule has 1 amide bonds. The second-order valence-corrected chi connectivity index (χ2v) is 5.30. The fourth-order valence-electron chi connectivity index (χ4n) is 2.49. The van der Waals surface area contributed by atoms with Crippen molar-refractivity contribution in [1.82, 2.24) is 4.57 Å². The van der Waals surface area contributed by atoms with Crippen molar-refractivity contribution in [3.05, 3.63) is 60.3 Å². The van der Waals surface area contributed by atoms with Crippen LogP contribution in [0.3, 0.4) is 0 Å². The van der Waals surface area contributed by atoms with Crippen molar-refractivity contribution in [2.45, 2.75) is 6.54 Å². The number of methoxy groups -OCH3 is 1. The third-order valence-electron chi connectivity index (χ3n) is 3.71. The van der Waals surface area contributed by atoms with Crippen LogP contribution in [0.1, 0.15) is 10.4 Å². The van der Waals surface area contributed by atoms with E-state index in [4.69, 9.17) is 9.84 Å². The monoisotopic (exact) mass is 324 g/mol. The van der Waals surface area contributed by atoms with Crippen LogP contribution in [0.2, 0.25) is 0 Å². The van der Waals surface area contributed by atoms with Crippen LogP contribution in [0.25, 0.3) is 10.9 Å². The van der Waals surface area contributed by atoms with E-state index >= 15 is 0 Å². The largest absolute Gasteiger partial charge is 0.497 e. The fraction of sp³-hybridized carbons (Fsp3) is 0.111. The standard InChI is InChI=1S/C18H16N2O4/c1-24-15-6-7-16-13(10-15)8-9-20(16)11-17(21)19-14-4-2-12(3-5-14)18(22)23/h2-10H,11H2,1H3,(H,19,21)(H,22,23). The Morgan fingerprint density at radius 1 is 1.12 bits per heavy atom. The Kier molecular flexibility index (Phi) is 4.20. The summed E-state index contributed by atoms with van der Waals surface area (Å²) in [5.74, 6) is -0.420. The van der Waals surface area contributed by atoms with E-state index in [0.29, 0.717) is 5.69 Å². The van der Waals surface area contributed by atoms with Gasteiger partial charge >= 0.3 is 5.97 Å². The number of fused-ring (bicyclic) bond motifs is 1. The zero-order chi connectivity index (χ0) is 17.1. The lowest BCUT2D eigenvalue weighted by Crippen LogP contribution is -2.18. The average molecular weight is 324 g/mol. The van der Waals surface area contributed by atoms with Gasteiger partial charge in [-0.3, -0.25) is 4.79 Å². The van der Waals surface area contributed by atoms with Gasteiger partial charge in [-0.1, -0.05) is 0 Å². The molecule has 1 aromatic heterocycles. The van der Waals surface area contributed by atoms with Crippen molar-refractivity contribution in [1.29, 1.82) is 0 Å². The molecule has 2 aromatic carbocycles. The van der Waals surface area contributed by atoms with Crippen LogP contribution < -0.4 is 10.1 Å². The molecule has 0 bridgehead atoms. The van der Waals surface area contributed by atoms with Crippen LogP contribution in [0, 0.1) is 0 Å². The number of carboxylic acid groups (broad SMARTS) is 1. The molecule has 0 fully saturated rings. The number of nitrogens with zero attached hydrogens (tertiary/aromatic N) is 1. The minimum Gasteiger partial charge on any atom is -0.497 e. The highest BCUT2D eigenvalue weighted by Crippen LogP contribution is 2.22. The number of benzene rings is 2. The molecule has 0 atom stereocenters. The molecule has 122 valence electrons. The predicted molar refractivity (Wildman–Crippen MR) is 90.5 cm³/mol. The number of nitrogens with one attached hydrogen (secondary N) is 1. The minimum absolute atomic E-state index is 0.163. The molecular formula is C18H16N2O4. The van der Waals surface area contributed by atoms with Crippen molar-refractivity contribution in [3.8, 4) is 5.75 Å². The topological polar surface area (TPSA) is 80.6 Å². The number of aromatic nitrogens is 1. The summed E-state index contributed by atoms with van der Waals surface area (Å²) in [6, 6.07) is 13.6. The molecule has 3 rings (SSSR count). The highest BCUT2D eigenvalue weighted by atomic mass is 16.5. The third kappa shape index (κ3) is 3.22. The number of hydrogen-bond acceptors (Lipinski definition) is 3. The Labute approximate surface area is 138 Å². The van der Waals surface area contributed by atoms with Crippen LogP contribution in [-0.4, -0.2) is 28.7 Å². The second kappa shape index (κ2) is 6.45. The minimum atomic E-state index is -0.998. The third-order valence-corrected chi connectivity index (χ3v) is 3.71. The molecule has 1 heterocycles. The quantitative estimate of drug-likeness (QED) is 0.756. The predicted octanol–water partition coefficient (Wildman–Crippen LogP) is 2.99. The first-order chi connectivity index (χ1) is 11.6. The van der Waals surface area contributed by atoms with Crippen LogP contribution in [0.15, 0.2) is 54.7 Å². The lowest BCUT2D eigenvalue weighted by molar-refractivity contribution is -0.116. The number of carbonyl (C=O) groups is 2. The maximum Gasteiger partial charge on any atom is 0.335 e. The van der Waals surface area contributed by atoms with Crippen molar-refractivity contribution in [2.75, 3.05) is 12.4 Å². The number of amides is 1. The molecular weight excluding hydrogens is 308 g/mol. The summed E-state index contributed by atoms with van der Waals surface area (Å²) in [6.07, 6.45) is 1.84. The van der Waals surface area contributed by atoms with Gasteiger partial charge in [-0.25, -0.2) is 4.79 Å². The first-order valence-corrected chi connectivity index (χ1v) is 7.33. The molecule has 24 heavy (non-hydrogen) atoms. The molecule has 0 aliphatic rings. The number of aromatic carboxylic acids is 1. The van der Waals surface area contributed by atoms with Crippen molar-refractivity contribution in [3.63, 3.8) is 0 Å². The molecule has 0 spiro atoms. The molecule has 6 heteroatoms. The Hall–Kier alpha value is -3.28. The zero-order valence-electron chi connectivity index (χ0n) is 13.0. The number of carboxylic acids is 1. The summed E-state index contributed by atoms with van der Waals surface area (Å²) >= 11 is 0. The van der Waals surface area contributed by atoms with Crippen molar-refractivity contribution >= 4 is 28.5 Å². The van der Waals surface area contributed by atoms with Gasteiger partial charge in [0.25, 0.3) is 0 Å². The SMILES string of the molecule is COc1ccc2c(ccn2CC(=O)Nc2ccc(C(=O)O)cc2)c1. The number of carbonyl (C=O) groups excluding carboxylic acids is 1. The highest BCUT2D eigenvalue weighted by Gasteiger charge is 2.08. The summed E-state index contributed by atoms with van der Waals surface area (Å²) in [5, 5.41) is 12.6. The van der Waals surface area contributed by atoms with E-state index in [-0.39, 0.29) is 18.0 Å². The first kappa shape index (κ1) is 15.6. The average Bonchev–Trinajstić information content (AvgIpc) is 2.97. The Morgan fingerprint density at radius 2 is 1.88 bits per heavy atom. The number of anilines is 1. The van der Waals surface area contributed by atoms with Crippen molar-refractivity contribution in [2.24, 2.45) is 0 Å². The Morgan fingerprint density at radius 3 is 2.54 bits per heavy atom. The van der Waals surface area contributed by atoms with E-state index in [1.165, 1.54) is 12.1 Å². The van der Waals surface area contributed by atoms with Crippen LogP contribution in [0.4, 0.5) is 5.69 Å². The second-order valence-electron chi connectivity index (χ2n) is 5.30. The van der Waals surface area contributed by atoms with Crippen LogP contribution in [0.5, 0.6) is 5.75 Å². The van der Waals surface area contributed by atoms with Gasteiger partial charge in [0.15, 0.2) is 0 Å². The molecule has 0 aliphatic carbocycles. The smallest absolute Gasteiger partial charge is 0.335 e. The highest BCUT2D eigenvalue weighted by molar-refractivity contribution is 5.93. The van der Waals surface area contributed by atoms with Gasteiger partial charge in [0, 0.05) is 22.8 Å². The molecule has 0 aliphatic heterocycles. The number of hydrogen-bond donors (Lipinski definition) is 2. The molecule has 0 radical (unpaired) electrons. The van der Waals surface area contributed by atoms with Crippen LogP contribution >= 0.6 is 0 Å². The molecule has 6 nitrogen and oxygen atoms in total. The van der Waals surface area contributed by atoms with E-state index in [2.05, 4.69) is 5.32 Å². The first-order valence-electron chi connectivity index (χ1n) is 7.33. The molecule has 0 saturated heterocycles. The van der Waals surface area contributed by atoms with E-state index < -0.39 is 5.97 Å². The zero-order valence-corrected chi connectivity index (χ0v) is 13.0. The van der Waals surface area contributed by atoms with Gasteiger partial charge in [-0.2, -0.15) is 0 Å². The maximum absolute atomic E-state index is 12.2. The maximum atomic E-state index is 12.2. The summed E-state index contributed by atoms with van der Waals surface area (Å²) in [6.45, 7) is 0.163. The lowest BCUT2D eigenvalue weighted by Gasteiger charge is -2.08. The van der Waals surface area contributed by atoms with E-state index in [9.17, 15) is 9.59 Å². The lowest BCUT2D eigenvalue weighted by atomic mass is 10.2. The molecule has 2 N–H and O–H groups in total. The molecule has 0 saturated carbocycles. The summed E-state index contributed by atoms with van der Waals surface area (Å²) in [7, 11) is 1.61. The molecule has 0 unspecified atom stereocenters. The van der Waals surface area contributed by atoms with Gasteiger partial charge < -0.3 is 19.7 Å². The summed E-state index contributed by atoms with van der Waals surface area (Å²) in [4.78, 5) is 23.0. The summed E-state index contributed by atoms with van der Waals surface area (Å²) < 4.78 is 7.03. The number of ether oxygens (including phenoxy) is 1. The van der Waals surface area contributed by atoms with E-state index in [0.717, 1.165) is 16.7 Å². The van der Waals surface area contributed by atoms with E-state index in [1.807, 2.05) is 35.0 Å². The van der Waals surface area contributed by atoms with Gasteiger partial charge in [0.1, 0.15) is 12.3 Å². The fourth-order valence-corrected chi connectivity index (χ4v) is 2.49.